The molecular formula is C32H42. The van der Waals surface area contributed by atoms with Crippen LogP contribution in [0.1, 0.15) is 89.0 Å². The van der Waals surface area contributed by atoms with Crippen LogP contribution in [-0.2, 0) is 12.8 Å². The van der Waals surface area contributed by atoms with Gasteiger partial charge in [-0.2, -0.15) is 0 Å². The molecule has 0 aliphatic rings. The van der Waals surface area contributed by atoms with Crippen molar-refractivity contribution >= 4 is 0 Å². The molecule has 3 rings (SSSR count). The lowest BCUT2D eigenvalue weighted by Gasteiger charge is -2.22. The zero-order chi connectivity index (χ0) is 24.1. The van der Waals surface area contributed by atoms with Crippen LogP contribution in [0.2, 0.25) is 0 Å². The monoisotopic (exact) mass is 426 g/mol. The first-order valence-electron chi connectivity index (χ1n) is 12.1. The van der Waals surface area contributed by atoms with Crippen LogP contribution in [0.15, 0.2) is 12.1 Å². The molecule has 0 fully saturated rings. The van der Waals surface area contributed by atoms with Crippen molar-refractivity contribution in [1.29, 1.82) is 0 Å². The van der Waals surface area contributed by atoms with E-state index in [2.05, 4.69) is 95.2 Å². The van der Waals surface area contributed by atoms with E-state index in [9.17, 15) is 0 Å². The summed E-state index contributed by atoms with van der Waals surface area (Å²) in [5.74, 6) is 0. The molecule has 3 aromatic carbocycles. The molecule has 0 aliphatic carbocycles. The van der Waals surface area contributed by atoms with Gasteiger partial charge in [-0.1, -0.05) is 17.7 Å². The molecule has 0 aliphatic heterocycles. The summed E-state index contributed by atoms with van der Waals surface area (Å²) in [4.78, 5) is 0. The van der Waals surface area contributed by atoms with Gasteiger partial charge in [-0.25, -0.2) is 0 Å². The van der Waals surface area contributed by atoms with E-state index in [4.69, 9.17) is 0 Å². The van der Waals surface area contributed by atoms with Crippen molar-refractivity contribution in [2.45, 2.75) is 95.9 Å². The molecule has 32 heavy (non-hydrogen) atoms. The molecule has 0 heteroatoms. The number of hydrogen-bond donors (Lipinski definition) is 0. The van der Waals surface area contributed by atoms with Crippen LogP contribution in [0.4, 0.5) is 0 Å². The third kappa shape index (κ3) is 4.05. The van der Waals surface area contributed by atoms with Gasteiger partial charge in [0, 0.05) is 0 Å². The van der Waals surface area contributed by atoms with E-state index in [0.717, 1.165) is 12.8 Å². The fourth-order valence-electron chi connectivity index (χ4n) is 5.45. The summed E-state index contributed by atoms with van der Waals surface area (Å²) >= 11 is 0. The molecule has 170 valence electrons. The quantitative estimate of drug-likeness (QED) is 0.392. The normalized spacial score (nSPS) is 11.4. The van der Waals surface area contributed by atoms with E-state index < -0.39 is 0 Å². The molecule has 0 heterocycles. The van der Waals surface area contributed by atoms with Gasteiger partial charge >= 0.3 is 0 Å². The van der Waals surface area contributed by atoms with E-state index >= 15 is 0 Å². The summed E-state index contributed by atoms with van der Waals surface area (Å²) in [6, 6.07) is 4.82. The molecule has 0 aromatic heterocycles. The number of rotatable bonds is 4. The molecule has 3 aromatic rings. The van der Waals surface area contributed by atoms with Gasteiger partial charge in [-0.3, -0.25) is 0 Å². The molecule has 0 amide bonds. The van der Waals surface area contributed by atoms with Crippen LogP contribution in [0.3, 0.4) is 0 Å². The van der Waals surface area contributed by atoms with Gasteiger partial charge in [-0.15, -0.1) is 0 Å². The predicted molar refractivity (Wildman–Crippen MR) is 142 cm³/mol. The van der Waals surface area contributed by atoms with Gasteiger partial charge in [0.15, 0.2) is 0 Å². The maximum Gasteiger partial charge on any atom is -0.00175 e. The molecule has 0 unspecified atom stereocenters. The lowest BCUT2D eigenvalue weighted by Crippen LogP contribution is -2.08. The fourth-order valence-corrected chi connectivity index (χ4v) is 5.45. The second-order valence-electron chi connectivity index (χ2n) is 10.3. The highest BCUT2D eigenvalue weighted by Crippen LogP contribution is 2.32. The molecule has 0 atom stereocenters. The van der Waals surface area contributed by atoms with Crippen LogP contribution in [0, 0.1) is 83.1 Å². The number of hydrogen-bond acceptors (Lipinski definition) is 0. The van der Waals surface area contributed by atoms with Gasteiger partial charge in [0.05, 0.1) is 0 Å². The number of benzene rings is 3. The Labute approximate surface area is 197 Å². The van der Waals surface area contributed by atoms with Crippen molar-refractivity contribution in [2.75, 3.05) is 0 Å². The minimum atomic E-state index is 1.02. The highest BCUT2D eigenvalue weighted by Gasteiger charge is 2.17. The zero-order valence-corrected chi connectivity index (χ0v) is 22.6. The average Bonchev–Trinajstić information content (AvgIpc) is 2.76. The van der Waals surface area contributed by atoms with Crippen LogP contribution in [0.5, 0.6) is 0 Å². The molecule has 0 saturated carbocycles. The second kappa shape index (κ2) is 8.89. The van der Waals surface area contributed by atoms with Gasteiger partial charge in [-0.05, 0) is 179 Å². The Morgan fingerprint density at radius 2 is 0.594 bits per heavy atom. The third-order valence-electron chi connectivity index (χ3n) is 8.81. The Bertz CT molecular complexity index is 1070. The smallest absolute Gasteiger partial charge is 0.00175 e. The fraction of sp³-hybridized carbons (Fsp3) is 0.438. The molecule has 0 radical (unpaired) electrons. The average molecular weight is 427 g/mol. The first-order valence-corrected chi connectivity index (χ1v) is 12.1. The highest BCUT2D eigenvalue weighted by atomic mass is 14.2. The Kier molecular flexibility index (Phi) is 6.75. The Morgan fingerprint density at radius 1 is 0.344 bits per heavy atom. The van der Waals surface area contributed by atoms with Crippen molar-refractivity contribution in [3.05, 3.63) is 101 Å². The molecular weight excluding hydrogens is 384 g/mol. The molecule has 0 nitrogen and oxygen atoms in total. The largest absolute Gasteiger partial charge is 0.0555 e. The number of aryl methyl sites for hydroxylation is 1. The first kappa shape index (κ1) is 24.3. The lowest BCUT2D eigenvalue weighted by atomic mass is 9.83. The Hall–Kier alpha value is -2.34. The van der Waals surface area contributed by atoms with Crippen molar-refractivity contribution in [3.63, 3.8) is 0 Å². The van der Waals surface area contributed by atoms with Crippen LogP contribution >= 0.6 is 0 Å². The van der Waals surface area contributed by atoms with E-state index in [1.165, 1.54) is 89.0 Å². The zero-order valence-electron chi connectivity index (χ0n) is 22.6. The minimum Gasteiger partial charge on any atom is -0.0555 e. The summed E-state index contributed by atoms with van der Waals surface area (Å²) in [7, 11) is 0. The van der Waals surface area contributed by atoms with Crippen molar-refractivity contribution in [2.24, 2.45) is 0 Å². The van der Waals surface area contributed by atoms with Crippen molar-refractivity contribution in [1.82, 2.24) is 0 Å². The summed E-state index contributed by atoms with van der Waals surface area (Å²) in [5, 5.41) is 0. The summed E-state index contributed by atoms with van der Waals surface area (Å²) in [5.41, 5.74) is 23.3. The second-order valence-corrected chi connectivity index (χ2v) is 10.3. The molecule has 0 saturated heterocycles. The van der Waals surface area contributed by atoms with Crippen LogP contribution < -0.4 is 0 Å². The Morgan fingerprint density at radius 3 is 0.875 bits per heavy atom. The van der Waals surface area contributed by atoms with Gasteiger partial charge in [0.1, 0.15) is 0 Å². The van der Waals surface area contributed by atoms with E-state index in [1.807, 2.05) is 0 Å². The molecule has 0 bridgehead atoms. The van der Waals surface area contributed by atoms with Crippen LogP contribution in [-0.4, -0.2) is 0 Å². The van der Waals surface area contributed by atoms with Crippen molar-refractivity contribution in [3.8, 4) is 0 Å². The predicted octanol–water partition coefficient (Wildman–Crippen LogP) is 8.57. The maximum absolute atomic E-state index is 2.41. The lowest BCUT2D eigenvalue weighted by molar-refractivity contribution is 1.01. The maximum atomic E-state index is 2.41. The van der Waals surface area contributed by atoms with E-state index in [0.29, 0.717) is 0 Å². The summed E-state index contributed by atoms with van der Waals surface area (Å²) in [6.07, 6.45) is 2.04. The van der Waals surface area contributed by atoms with E-state index in [-0.39, 0.29) is 0 Å². The van der Waals surface area contributed by atoms with Gasteiger partial charge in [0.25, 0.3) is 0 Å². The molecule has 0 spiro atoms. The SMILES string of the molecule is Cc1cc(Cc2c(C)c(C)c(C)c(C)c2C)c(C)c(Cc2c(C)c(C)c(C)c(C)c2C)c1. The summed E-state index contributed by atoms with van der Waals surface area (Å²) < 4.78 is 0. The topological polar surface area (TPSA) is 0 Å². The highest BCUT2D eigenvalue weighted by molar-refractivity contribution is 5.54. The van der Waals surface area contributed by atoms with Crippen molar-refractivity contribution < 1.29 is 0 Å². The Balaban J connectivity index is 2.12. The van der Waals surface area contributed by atoms with E-state index in [1.54, 1.807) is 0 Å². The standard InChI is InChI=1S/C32H42/c1-17-13-29(15-31-24(8)20(4)18(2)21(5)25(31)9)28(12)30(14-17)16-32-26(10)22(6)19(3)23(7)27(32)11/h13-14H,15-16H2,1-12H3. The first-order chi connectivity index (χ1) is 14.9. The minimum absolute atomic E-state index is 1.02. The van der Waals surface area contributed by atoms with Crippen LogP contribution in [0.25, 0.3) is 0 Å². The van der Waals surface area contributed by atoms with Gasteiger partial charge < -0.3 is 0 Å². The third-order valence-corrected chi connectivity index (χ3v) is 8.81. The summed E-state index contributed by atoms with van der Waals surface area (Å²) in [6.45, 7) is 27.5. The van der Waals surface area contributed by atoms with Gasteiger partial charge in [0.2, 0.25) is 0 Å². The molecule has 0 N–H and O–H groups in total.